The van der Waals surface area contributed by atoms with Gasteiger partial charge in [-0.2, -0.15) is 0 Å². The summed E-state index contributed by atoms with van der Waals surface area (Å²) >= 11 is 5.14. The van der Waals surface area contributed by atoms with Crippen molar-refractivity contribution in [3.8, 4) is 11.3 Å². The summed E-state index contributed by atoms with van der Waals surface area (Å²) in [4.78, 5) is 18.5. The second-order valence-electron chi connectivity index (χ2n) is 6.17. The van der Waals surface area contributed by atoms with Crippen LogP contribution in [0, 0.1) is 13.8 Å². The largest absolute Gasteiger partial charge is 0.455 e. The van der Waals surface area contributed by atoms with Crippen LogP contribution in [0.15, 0.2) is 33.2 Å². The highest BCUT2D eigenvalue weighted by atomic mass is 79.9. The lowest BCUT2D eigenvalue weighted by molar-refractivity contribution is 0.0920. The number of furan rings is 1. The van der Waals surface area contributed by atoms with Crippen LogP contribution in [0.1, 0.15) is 37.3 Å². The summed E-state index contributed by atoms with van der Waals surface area (Å²) in [6.07, 6.45) is 1.76. The zero-order valence-electron chi connectivity index (χ0n) is 14.0. The van der Waals surface area contributed by atoms with E-state index in [1.165, 1.54) is 4.88 Å². The number of halogens is 1. The Bertz CT molecular complexity index is 957. The van der Waals surface area contributed by atoms with Crippen molar-refractivity contribution in [1.82, 2.24) is 10.3 Å². The quantitative estimate of drug-likeness (QED) is 0.666. The highest BCUT2D eigenvalue weighted by Crippen LogP contribution is 2.40. The normalized spacial score (nSPS) is 12.6. The Hall–Kier alpha value is -1.92. The molecule has 1 aliphatic carbocycles. The van der Waals surface area contributed by atoms with Gasteiger partial charge in [-0.1, -0.05) is 28.1 Å². The lowest BCUT2D eigenvalue weighted by Crippen LogP contribution is -2.23. The van der Waals surface area contributed by atoms with Gasteiger partial charge in [0, 0.05) is 33.4 Å². The van der Waals surface area contributed by atoms with Crippen molar-refractivity contribution in [2.45, 2.75) is 33.2 Å². The van der Waals surface area contributed by atoms with Crippen LogP contribution < -0.4 is 5.32 Å². The molecule has 0 saturated carbocycles. The number of hydrogen-bond acceptors (Lipinski definition) is 4. The monoisotopic (exact) mass is 416 g/mol. The van der Waals surface area contributed by atoms with Gasteiger partial charge in [-0.15, -0.1) is 11.3 Å². The Morgan fingerprint density at radius 1 is 1.28 bits per heavy atom. The first-order chi connectivity index (χ1) is 12.0. The van der Waals surface area contributed by atoms with E-state index in [9.17, 15) is 4.79 Å². The molecule has 1 N–H and O–H groups in total. The van der Waals surface area contributed by atoms with Crippen LogP contribution >= 0.6 is 27.3 Å². The third-order valence-electron chi connectivity index (χ3n) is 4.41. The van der Waals surface area contributed by atoms with Gasteiger partial charge in [-0.25, -0.2) is 4.98 Å². The molecule has 0 radical (unpaired) electrons. The first-order valence-electron chi connectivity index (χ1n) is 8.14. The molecule has 0 saturated heterocycles. The second kappa shape index (κ2) is 6.42. The lowest BCUT2D eigenvalue weighted by atomic mass is 9.97. The van der Waals surface area contributed by atoms with E-state index < -0.39 is 0 Å². The Kier molecular flexibility index (Phi) is 4.25. The number of nitrogens with one attached hydrogen (secondary N) is 1. The van der Waals surface area contributed by atoms with Crippen molar-refractivity contribution in [2.24, 2.45) is 0 Å². The maximum atomic E-state index is 12.6. The minimum Gasteiger partial charge on any atom is -0.455 e. The molecule has 3 aromatic rings. The van der Waals surface area contributed by atoms with E-state index in [0.717, 1.165) is 50.5 Å². The number of rotatable bonds is 3. The van der Waals surface area contributed by atoms with Crippen LogP contribution in [0.25, 0.3) is 11.3 Å². The Labute approximate surface area is 158 Å². The number of amides is 1. The summed E-state index contributed by atoms with van der Waals surface area (Å²) < 4.78 is 6.94. The molecule has 1 aliphatic rings. The predicted octanol–water partition coefficient (Wildman–Crippen LogP) is 4.81. The number of nitrogens with zero attached hydrogens (tertiary/aromatic N) is 1. The molecule has 0 unspecified atom stereocenters. The molecule has 0 fully saturated rings. The number of carbonyl (C=O) groups excluding carboxylic acids is 1. The van der Waals surface area contributed by atoms with E-state index in [0.29, 0.717) is 12.3 Å². The smallest absolute Gasteiger partial charge is 0.287 e. The Morgan fingerprint density at radius 3 is 2.80 bits per heavy atom. The molecule has 1 amide bonds. The summed E-state index contributed by atoms with van der Waals surface area (Å²) in [5.74, 6) is 1.10. The van der Waals surface area contributed by atoms with E-state index in [4.69, 9.17) is 4.42 Å². The average Bonchev–Trinajstić information content (AvgIpc) is 3.13. The molecule has 25 heavy (non-hydrogen) atoms. The molecular weight excluding hydrogens is 400 g/mol. The molecule has 128 valence electrons. The number of fused-ring (bicyclic) bond motifs is 3. The van der Waals surface area contributed by atoms with Crippen molar-refractivity contribution in [3.63, 3.8) is 0 Å². The van der Waals surface area contributed by atoms with Gasteiger partial charge in [0.1, 0.15) is 5.76 Å². The Balaban J connectivity index is 1.58. The van der Waals surface area contributed by atoms with E-state index in [1.807, 2.05) is 38.1 Å². The van der Waals surface area contributed by atoms with Crippen LogP contribution in [0.2, 0.25) is 0 Å². The maximum absolute atomic E-state index is 12.6. The number of hydrogen-bond donors (Lipinski definition) is 1. The van der Waals surface area contributed by atoms with E-state index in [-0.39, 0.29) is 5.91 Å². The molecule has 0 bridgehead atoms. The molecule has 1 aromatic carbocycles. The van der Waals surface area contributed by atoms with Gasteiger partial charge in [0.25, 0.3) is 5.91 Å². The molecule has 6 heteroatoms. The van der Waals surface area contributed by atoms with Crippen molar-refractivity contribution in [3.05, 3.63) is 61.3 Å². The maximum Gasteiger partial charge on any atom is 0.287 e. The third-order valence-corrected chi connectivity index (χ3v) is 5.97. The number of aromatic nitrogens is 1. The molecule has 0 spiro atoms. The van der Waals surface area contributed by atoms with Gasteiger partial charge in [0.2, 0.25) is 0 Å². The zero-order chi connectivity index (χ0) is 17.6. The molecule has 4 nitrogen and oxygen atoms in total. The summed E-state index contributed by atoms with van der Waals surface area (Å²) in [6.45, 7) is 4.43. The summed E-state index contributed by atoms with van der Waals surface area (Å²) in [5.41, 5.74) is 3.94. The van der Waals surface area contributed by atoms with Crippen molar-refractivity contribution >= 4 is 33.2 Å². The summed E-state index contributed by atoms with van der Waals surface area (Å²) in [5, 5.41) is 4.00. The predicted molar refractivity (Wildman–Crippen MR) is 102 cm³/mol. The number of carbonyl (C=O) groups is 1. The van der Waals surface area contributed by atoms with Gasteiger partial charge in [-0.05, 0) is 38.0 Å². The number of thiazole rings is 1. The highest BCUT2D eigenvalue weighted by Gasteiger charge is 2.29. The molecule has 2 heterocycles. The lowest BCUT2D eigenvalue weighted by Gasteiger charge is -2.09. The van der Waals surface area contributed by atoms with Crippen molar-refractivity contribution in [2.75, 3.05) is 0 Å². The first kappa shape index (κ1) is 16.5. The minimum absolute atomic E-state index is 0.177. The molecule has 4 rings (SSSR count). The molecular formula is C19H17BrN2O2S. The fourth-order valence-corrected chi connectivity index (χ4v) is 4.41. The zero-order valence-corrected chi connectivity index (χ0v) is 16.4. The Morgan fingerprint density at radius 2 is 2.04 bits per heavy atom. The van der Waals surface area contributed by atoms with Crippen molar-refractivity contribution < 1.29 is 9.21 Å². The summed E-state index contributed by atoms with van der Waals surface area (Å²) in [7, 11) is 0. The van der Waals surface area contributed by atoms with E-state index in [1.54, 1.807) is 11.3 Å². The van der Waals surface area contributed by atoms with E-state index in [2.05, 4.69) is 26.2 Å². The molecule has 2 aromatic heterocycles. The van der Waals surface area contributed by atoms with Crippen molar-refractivity contribution in [1.29, 1.82) is 0 Å². The van der Waals surface area contributed by atoms with Gasteiger partial charge in [0.05, 0.1) is 10.7 Å². The SMILES string of the molecule is Cc1nc2c(s1)CCc1oc(C(=O)NCc3ccc(Br)cc3)c(C)c1-2. The third kappa shape index (κ3) is 3.04. The van der Waals surface area contributed by atoms with Gasteiger partial charge in [-0.3, -0.25) is 4.79 Å². The first-order valence-corrected chi connectivity index (χ1v) is 9.75. The minimum atomic E-state index is -0.177. The average molecular weight is 417 g/mol. The fraction of sp³-hybridized carbons (Fsp3) is 0.263. The van der Waals surface area contributed by atoms with Gasteiger partial charge < -0.3 is 9.73 Å². The topological polar surface area (TPSA) is 55.1 Å². The van der Waals surface area contributed by atoms with Crippen LogP contribution in [-0.4, -0.2) is 10.9 Å². The van der Waals surface area contributed by atoms with Crippen LogP contribution in [0.5, 0.6) is 0 Å². The summed E-state index contributed by atoms with van der Waals surface area (Å²) in [6, 6.07) is 7.89. The van der Waals surface area contributed by atoms with Gasteiger partial charge in [0.15, 0.2) is 5.76 Å². The van der Waals surface area contributed by atoms with Crippen LogP contribution in [-0.2, 0) is 19.4 Å². The molecule has 0 atom stereocenters. The van der Waals surface area contributed by atoms with Gasteiger partial charge >= 0.3 is 0 Å². The highest BCUT2D eigenvalue weighted by molar-refractivity contribution is 9.10. The van der Waals surface area contributed by atoms with E-state index >= 15 is 0 Å². The standard InChI is InChI=1S/C19H17BrN2O2S/c1-10-16-14(7-8-15-17(16)22-11(2)25-15)24-18(10)19(23)21-9-12-3-5-13(20)6-4-12/h3-6H,7-9H2,1-2H3,(H,21,23). The van der Waals surface area contributed by atoms with Crippen LogP contribution in [0.4, 0.5) is 0 Å². The second-order valence-corrected chi connectivity index (χ2v) is 8.37. The number of aryl methyl sites for hydroxylation is 3. The molecule has 0 aliphatic heterocycles. The number of benzene rings is 1. The van der Waals surface area contributed by atoms with Crippen LogP contribution in [0.3, 0.4) is 0 Å². The fourth-order valence-electron chi connectivity index (χ4n) is 3.20.